The number of aromatic nitrogens is 3. The number of ether oxygens (including phenoxy) is 1. The third-order valence-corrected chi connectivity index (χ3v) is 2.54. The van der Waals surface area contributed by atoms with Crippen LogP contribution >= 0.6 is 0 Å². The molecule has 2 N–H and O–H groups in total. The molecule has 1 aromatic carbocycles. The third-order valence-electron chi connectivity index (χ3n) is 2.54. The number of hydrogen-bond donors (Lipinski definition) is 2. The number of anilines is 1. The van der Waals surface area contributed by atoms with Gasteiger partial charge in [0.2, 0.25) is 5.95 Å². The first kappa shape index (κ1) is 11.3. The van der Waals surface area contributed by atoms with E-state index in [0.717, 1.165) is 5.56 Å². The highest BCUT2D eigenvalue weighted by atomic mass is 16.5. The molecule has 0 radical (unpaired) electrons. The van der Waals surface area contributed by atoms with Crippen LogP contribution < -0.4 is 10.1 Å². The van der Waals surface area contributed by atoms with Gasteiger partial charge in [0, 0.05) is 19.7 Å². The lowest BCUT2D eigenvalue weighted by atomic mass is 10.2. The van der Waals surface area contributed by atoms with E-state index < -0.39 is 0 Å². The standard InChI is InChI=1S/C11H14N4O2/c1-12-11-14-13-10(15(11)2)7-4-5-9(17-3)8(16)6-7/h4-6,16H,1-3H3,(H,12,14). The van der Waals surface area contributed by atoms with Crippen molar-refractivity contribution in [1.82, 2.24) is 14.8 Å². The molecule has 6 nitrogen and oxygen atoms in total. The summed E-state index contributed by atoms with van der Waals surface area (Å²) in [4.78, 5) is 0. The fourth-order valence-electron chi connectivity index (χ4n) is 1.63. The number of aromatic hydroxyl groups is 1. The Morgan fingerprint density at radius 3 is 2.65 bits per heavy atom. The van der Waals surface area contributed by atoms with E-state index in [1.165, 1.54) is 7.11 Å². The topological polar surface area (TPSA) is 72.2 Å². The van der Waals surface area contributed by atoms with Crippen molar-refractivity contribution >= 4 is 5.95 Å². The van der Waals surface area contributed by atoms with Crippen molar-refractivity contribution in [2.45, 2.75) is 0 Å². The Kier molecular flexibility index (Phi) is 2.86. The molecule has 0 aliphatic heterocycles. The lowest BCUT2D eigenvalue weighted by Crippen LogP contribution is -1.99. The fraction of sp³-hybridized carbons (Fsp3) is 0.273. The first-order valence-corrected chi connectivity index (χ1v) is 5.12. The van der Waals surface area contributed by atoms with Crippen LogP contribution in [0.2, 0.25) is 0 Å². The van der Waals surface area contributed by atoms with Gasteiger partial charge in [-0.05, 0) is 18.2 Å². The van der Waals surface area contributed by atoms with Crippen LogP contribution in [0.4, 0.5) is 5.95 Å². The van der Waals surface area contributed by atoms with Crippen LogP contribution in [0.5, 0.6) is 11.5 Å². The summed E-state index contributed by atoms with van der Waals surface area (Å²) in [6.45, 7) is 0. The molecule has 0 aliphatic carbocycles. The third kappa shape index (κ3) is 1.89. The number of methoxy groups -OCH3 is 1. The molecule has 0 bridgehead atoms. The number of benzene rings is 1. The second-order valence-electron chi connectivity index (χ2n) is 3.54. The molecule has 0 aliphatic rings. The fourth-order valence-corrected chi connectivity index (χ4v) is 1.63. The minimum atomic E-state index is 0.0824. The smallest absolute Gasteiger partial charge is 0.224 e. The zero-order valence-electron chi connectivity index (χ0n) is 9.93. The van der Waals surface area contributed by atoms with Crippen molar-refractivity contribution in [2.75, 3.05) is 19.5 Å². The minimum Gasteiger partial charge on any atom is -0.504 e. The molecule has 17 heavy (non-hydrogen) atoms. The van der Waals surface area contributed by atoms with Crippen molar-refractivity contribution in [2.24, 2.45) is 7.05 Å². The van der Waals surface area contributed by atoms with Crippen LogP contribution in [0.1, 0.15) is 0 Å². The highest BCUT2D eigenvalue weighted by Crippen LogP contribution is 2.30. The van der Waals surface area contributed by atoms with Gasteiger partial charge in [0.25, 0.3) is 0 Å². The van der Waals surface area contributed by atoms with Gasteiger partial charge in [-0.2, -0.15) is 0 Å². The Labute approximate surface area is 98.9 Å². The van der Waals surface area contributed by atoms with E-state index in [2.05, 4.69) is 15.5 Å². The van der Waals surface area contributed by atoms with E-state index in [1.54, 1.807) is 23.7 Å². The van der Waals surface area contributed by atoms with Crippen LogP contribution in [0, 0.1) is 0 Å². The Balaban J connectivity index is 2.46. The number of nitrogens with zero attached hydrogens (tertiary/aromatic N) is 3. The molecule has 1 aromatic heterocycles. The summed E-state index contributed by atoms with van der Waals surface area (Å²) in [5.41, 5.74) is 0.778. The highest BCUT2D eigenvalue weighted by Gasteiger charge is 2.11. The summed E-state index contributed by atoms with van der Waals surface area (Å²) in [6.07, 6.45) is 0. The maximum absolute atomic E-state index is 9.71. The number of rotatable bonds is 3. The van der Waals surface area contributed by atoms with Crippen LogP contribution in [0.3, 0.4) is 0 Å². The van der Waals surface area contributed by atoms with Gasteiger partial charge < -0.3 is 15.2 Å². The minimum absolute atomic E-state index is 0.0824. The van der Waals surface area contributed by atoms with Gasteiger partial charge in [-0.1, -0.05) is 0 Å². The Morgan fingerprint density at radius 2 is 2.12 bits per heavy atom. The van der Waals surface area contributed by atoms with Crippen molar-refractivity contribution < 1.29 is 9.84 Å². The average Bonchev–Trinajstić information content (AvgIpc) is 2.70. The molecule has 0 fully saturated rings. The second-order valence-corrected chi connectivity index (χ2v) is 3.54. The molecule has 2 aromatic rings. The molecule has 0 atom stereocenters. The summed E-state index contributed by atoms with van der Waals surface area (Å²) >= 11 is 0. The zero-order valence-corrected chi connectivity index (χ0v) is 9.93. The second kappa shape index (κ2) is 4.32. The molecule has 1 heterocycles. The van der Waals surface area contributed by atoms with Crippen LogP contribution in [-0.4, -0.2) is 34.0 Å². The SMILES string of the molecule is CNc1nnc(-c2ccc(OC)c(O)c2)n1C. The van der Waals surface area contributed by atoms with Gasteiger partial charge in [0.1, 0.15) is 0 Å². The summed E-state index contributed by atoms with van der Waals surface area (Å²) in [5.74, 6) is 1.85. The number of phenols is 1. The quantitative estimate of drug-likeness (QED) is 0.836. The number of nitrogens with one attached hydrogen (secondary N) is 1. The largest absolute Gasteiger partial charge is 0.504 e. The molecule has 0 saturated heterocycles. The molecule has 0 spiro atoms. The zero-order chi connectivity index (χ0) is 12.4. The van der Waals surface area contributed by atoms with Gasteiger partial charge in [0.05, 0.1) is 7.11 Å². The maximum atomic E-state index is 9.71. The van der Waals surface area contributed by atoms with Crippen molar-refractivity contribution in [3.63, 3.8) is 0 Å². The van der Waals surface area contributed by atoms with E-state index >= 15 is 0 Å². The van der Waals surface area contributed by atoms with E-state index in [9.17, 15) is 5.11 Å². The highest BCUT2D eigenvalue weighted by molar-refractivity contribution is 5.62. The average molecular weight is 234 g/mol. The predicted octanol–water partition coefficient (Wildman–Crippen LogP) is 1.24. The molecule has 0 saturated carbocycles. The Morgan fingerprint density at radius 1 is 1.35 bits per heavy atom. The molecule has 0 amide bonds. The van der Waals surface area contributed by atoms with Gasteiger partial charge in [0.15, 0.2) is 17.3 Å². The van der Waals surface area contributed by atoms with Gasteiger partial charge in [-0.25, -0.2) is 0 Å². The molecule has 6 heteroatoms. The Hall–Kier alpha value is -2.24. The molecule has 2 rings (SSSR count). The van der Waals surface area contributed by atoms with Gasteiger partial charge >= 0.3 is 0 Å². The van der Waals surface area contributed by atoms with Gasteiger partial charge in [-0.15, -0.1) is 10.2 Å². The Bertz CT molecular complexity index is 536. The first-order chi connectivity index (χ1) is 8.17. The first-order valence-electron chi connectivity index (χ1n) is 5.12. The van der Waals surface area contributed by atoms with Gasteiger partial charge in [-0.3, -0.25) is 4.57 Å². The summed E-state index contributed by atoms with van der Waals surface area (Å²) in [7, 11) is 5.14. The lowest BCUT2D eigenvalue weighted by Gasteiger charge is -2.06. The van der Waals surface area contributed by atoms with E-state index in [-0.39, 0.29) is 5.75 Å². The molecular weight excluding hydrogens is 220 g/mol. The molecule has 90 valence electrons. The maximum Gasteiger partial charge on any atom is 0.224 e. The van der Waals surface area contributed by atoms with E-state index in [4.69, 9.17) is 4.74 Å². The summed E-state index contributed by atoms with van der Waals surface area (Å²) < 4.78 is 6.79. The van der Waals surface area contributed by atoms with E-state index in [0.29, 0.717) is 17.5 Å². The van der Waals surface area contributed by atoms with E-state index in [1.807, 2.05) is 13.1 Å². The molecule has 0 unspecified atom stereocenters. The monoisotopic (exact) mass is 234 g/mol. The van der Waals surface area contributed by atoms with Crippen molar-refractivity contribution in [1.29, 1.82) is 0 Å². The summed E-state index contributed by atoms with van der Waals surface area (Å²) in [6, 6.07) is 5.11. The van der Waals surface area contributed by atoms with Crippen molar-refractivity contribution in [3.8, 4) is 22.9 Å². The number of phenolic OH excluding ortho intramolecular Hbond substituents is 1. The number of hydrogen-bond acceptors (Lipinski definition) is 5. The lowest BCUT2D eigenvalue weighted by molar-refractivity contribution is 0.373. The molecular formula is C11H14N4O2. The van der Waals surface area contributed by atoms with Crippen LogP contribution in [-0.2, 0) is 7.05 Å². The summed E-state index contributed by atoms with van der Waals surface area (Å²) in [5, 5.41) is 20.7. The van der Waals surface area contributed by atoms with Crippen molar-refractivity contribution in [3.05, 3.63) is 18.2 Å². The predicted molar refractivity (Wildman–Crippen MR) is 64.2 cm³/mol. The normalized spacial score (nSPS) is 10.3. The van der Waals surface area contributed by atoms with Crippen LogP contribution in [0.25, 0.3) is 11.4 Å². The van der Waals surface area contributed by atoms with Crippen LogP contribution in [0.15, 0.2) is 18.2 Å².